The van der Waals surface area contributed by atoms with E-state index in [4.69, 9.17) is 10.5 Å². The lowest BCUT2D eigenvalue weighted by Gasteiger charge is -2.10. The van der Waals surface area contributed by atoms with Gasteiger partial charge in [-0.3, -0.25) is 4.79 Å². The molecule has 0 fully saturated rings. The summed E-state index contributed by atoms with van der Waals surface area (Å²) < 4.78 is 18.7. The summed E-state index contributed by atoms with van der Waals surface area (Å²) in [7, 11) is 0. The lowest BCUT2D eigenvalue weighted by molar-refractivity contribution is 0.0954. The van der Waals surface area contributed by atoms with E-state index in [1.165, 1.54) is 12.1 Å². The van der Waals surface area contributed by atoms with Gasteiger partial charge in [0.05, 0.1) is 23.3 Å². The Balaban J connectivity index is 1.57. The van der Waals surface area contributed by atoms with Crippen molar-refractivity contribution in [3.8, 4) is 5.75 Å². The van der Waals surface area contributed by atoms with Crippen LogP contribution in [0.3, 0.4) is 0 Å². The van der Waals surface area contributed by atoms with Gasteiger partial charge in [-0.2, -0.15) is 0 Å². The van der Waals surface area contributed by atoms with Crippen molar-refractivity contribution in [3.05, 3.63) is 53.6 Å². The minimum atomic E-state index is -0.315. The summed E-state index contributed by atoms with van der Waals surface area (Å²) in [6.07, 6.45) is 1.39. The first kappa shape index (κ1) is 17.7. The number of anilines is 1. The quantitative estimate of drug-likeness (QED) is 0.567. The number of imidazole rings is 1. The number of ether oxygens (including phenoxy) is 1. The molecule has 6 nitrogen and oxygen atoms in total. The van der Waals surface area contributed by atoms with E-state index >= 15 is 0 Å². The molecule has 0 aliphatic carbocycles. The Bertz CT molecular complexity index is 923. The zero-order valence-corrected chi connectivity index (χ0v) is 14.5. The molecule has 0 atom stereocenters. The fraction of sp³-hybridized carbons (Fsp3) is 0.263. The molecule has 1 heterocycles. The molecule has 136 valence electrons. The van der Waals surface area contributed by atoms with Gasteiger partial charge in [-0.1, -0.05) is 6.92 Å². The van der Waals surface area contributed by atoms with Crippen molar-refractivity contribution in [2.75, 3.05) is 18.9 Å². The predicted octanol–water partition coefficient (Wildman–Crippen LogP) is 3.05. The summed E-state index contributed by atoms with van der Waals surface area (Å²) >= 11 is 0. The zero-order chi connectivity index (χ0) is 18.5. The van der Waals surface area contributed by atoms with Crippen LogP contribution in [0.5, 0.6) is 5.75 Å². The average molecular weight is 356 g/mol. The second-order valence-electron chi connectivity index (χ2n) is 5.95. The van der Waals surface area contributed by atoms with Gasteiger partial charge >= 0.3 is 0 Å². The van der Waals surface area contributed by atoms with Crippen LogP contribution < -0.4 is 15.8 Å². The van der Waals surface area contributed by atoms with Gasteiger partial charge in [0.1, 0.15) is 17.4 Å². The number of hydrogen-bond donors (Lipinski definition) is 3. The summed E-state index contributed by atoms with van der Waals surface area (Å²) in [5, 5.41) is 2.82. The van der Waals surface area contributed by atoms with Gasteiger partial charge in [-0.05, 0) is 42.8 Å². The Morgan fingerprint density at radius 1 is 1.31 bits per heavy atom. The minimum absolute atomic E-state index is 0.221. The van der Waals surface area contributed by atoms with Gasteiger partial charge in [0.2, 0.25) is 0 Å². The van der Waals surface area contributed by atoms with Crippen molar-refractivity contribution in [1.82, 2.24) is 15.3 Å². The molecule has 0 unspecified atom stereocenters. The number of nitrogens with zero attached hydrogens (tertiary/aromatic N) is 1. The first-order valence-corrected chi connectivity index (χ1v) is 8.51. The van der Waals surface area contributed by atoms with Crippen LogP contribution in [0.2, 0.25) is 0 Å². The maximum Gasteiger partial charge on any atom is 0.251 e. The Hall–Kier alpha value is -3.09. The number of H-pyrrole nitrogens is 1. The number of hydrogen-bond acceptors (Lipinski definition) is 4. The number of nitrogen functional groups attached to an aromatic ring is 1. The molecule has 1 amide bonds. The second-order valence-corrected chi connectivity index (χ2v) is 5.95. The fourth-order valence-corrected chi connectivity index (χ4v) is 2.58. The molecule has 26 heavy (non-hydrogen) atoms. The summed E-state index contributed by atoms with van der Waals surface area (Å²) in [6.45, 7) is 2.99. The molecular weight excluding hydrogens is 335 g/mol. The number of rotatable bonds is 7. The number of nitrogens with one attached hydrogen (secondary N) is 2. The molecule has 0 aliphatic heterocycles. The van der Waals surface area contributed by atoms with Crippen molar-refractivity contribution in [2.45, 2.75) is 19.8 Å². The molecular formula is C19H21FN4O2. The number of halogens is 1. The maximum absolute atomic E-state index is 13.2. The number of nitrogens with two attached hydrogens (primary N) is 1. The van der Waals surface area contributed by atoms with Crippen molar-refractivity contribution in [1.29, 1.82) is 0 Å². The second kappa shape index (κ2) is 7.86. The SMILES string of the molecule is CCCOc1ccc(C(=O)NCCc2nc3ccc(F)cc3[nH]2)cc1N. The fourth-order valence-electron chi connectivity index (χ4n) is 2.58. The first-order chi connectivity index (χ1) is 12.6. The Morgan fingerprint density at radius 2 is 2.15 bits per heavy atom. The van der Waals surface area contributed by atoms with Crippen molar-refractivity contribution in [2.24, 2.45) is 0 Å². The molecule has 2 aromatic carbocycles. The molecule has 0 spiro atoms. The zero-order valence-electron chi connectivity index (χ0n) is 14.5. The number of carbonyl (C=O) groups excluding carboxylic acids is 1. The number of aromatic nitrogens is 2. The third-order valence-electron chi connectivity index (χ3n) is 3.87. The van der Waals surface area contributed by atoms with E-state index in [1.807, 2.05) is 6.92 Å². The van der Waals surface area contributed by atoms with Gasteiger partial charge in [0, 0.05) is 18.5 Å². The van der Waals surface area contributed by atoms with Crippen molar-refractivity contribution < 1.29 is 13.9 Å². The van der Waals surface area contributed by atoms with Gasteiger partial charge in [-0.15, -0.1) is 0 Å². The lowest BCUT2D eigenvalue weighted by Crippen LogP contribution is -2.26. The third kappa shape index (κ3) is 4.11. The highest BCUT2D eigenvalue weighted by molar-refractivity contribution is 5.95. The predicted molar refractivity (Wildman–Crippen MR) is 98.7 cm³/mol. The van der Waals surface area contributed by atoms with E-state index in [2.05, 4.69) is 15.3 Å². The van der Waals surface area contributed by atoms with Crippen LogP contribution in [0.15, 0.2) is 36.4 Å². The van der Waals surface area contributed by atoms with Crippen LogP contribution in [0.1, 0.15) is 29.5 Å². The number of benzene rings is 2. The van der Waals surface area contributed by atoms with Gasteiger partial charge in [-0.25, -0.2) is 9.37 Å². The molecule has 7 heteroatoms. The van der Waals surface area contributed by atoms with Crippen LogP contribution in [-0.4, -0.2) is 29.0 Å². The van der Waals surface area contributed by atoms with Gasteiger partial charge in [0.15, 0.2) is 0 Å². The van der Waals surface area contributed by atoms with Crippen LogP contribution in [0.4, 0.5) is 10.1 Å². The topological polar surface area (TPSA) is 93.0 Å². The largest absolute Gasteiger partial charge is 0.491 e. The number of fused-ring (bicyclic) bond motifs is 1. The highest BCUT2D eigenvalue weighted by Gasteiger charge is 2.09. The summed E-state index contributed by atoms with van der Waals surface area (Å²) in [5.41, 5.74) is 8.17. The highest BCUT2D eigenvalue weighted by atomic mass is 19.1. The van der Waals surface area contributed by atoms with E-state index in [0.29, 0.717) is 53.4 Å². The van der Waals surface area contributed by atoms with E-state index in [0.717, 1.165) is 6.42 Å². The molecule has 3 rings (SSSR count). The number of carbonyl (C=O) groups is 1. The highest BCUT2D eigenvalue weighted by Crippen LogP contribution is 2.22. The van der Waals surface area contributed by atoms with Crippen LogP contribution in [-0.2, 0) is 6.42 Å². The van der Waals surface area contributed by atoms with Crippen LogP contribution >= 0.6 is 0 Å². The van der Waals surface area contributed by atoms with Crippen molar-refractivity contribution >= 4 is 22.6 Å². The molecule has 1 aromatic heterocycles. The molecule has 0 radical (unpaired) electrons. The Labute approximate surface area is 150 Å². The Morgan fingerprint density at radius 3 is 2.92 bits per heavy atom. The number of amides is 1. The van der Waals surface area contributed by atoms with Crippen LogP contribution in [0, 0.1) is 5.82 Å². The molecule has 0 saturated heterocycles. The van der Waals surface area contributed by atoms with Crippen LogP contribution in [0.25, 0.3) is 11.0 Å². The third-order valence-corrected chi connectivity index (χ3v) is 3.87. The lowest BCUT2D eigenvalue weighted by atomic mass is 10.1. The van der Waals surface area contributed by atoms with E-state index < -0.39 is 0 Å². The van der Waals surface area contributed by atoms with E-state index in [-0.39, 0.29) is 11.7 Å². The molecule has 0 aliphatic rings. The molecule has 0 bridgehead atoms. The van der Waals surface area contributed by atoms with Gasteiger partial charge < -0.3 is 20.8 Å². The average Bonchev–Trinajstić information content (AvgIpc) is 3.02. The standard InChI is InChI=1S/C19H21FN4O2/c1-2-9-26-17-6-3-12(10-14(17)21)19(25)22-8-7-18-23-15-5-4-13(20)11-16(15)24-18/h3-6,10-11H,2,7-9,21H2,1H3,(H,22,25)(H,23,24). The smallest absolute Gasteiger partial charge is 0.251 e. The summed E-state index contributed by atoms with van der Waals surface area (Å²) in [5.74, 6) is 0.734. The minimum Gasteiger partial charge on any atom is -0.491 e. The van der Waals surface area contributed by atoms with E-state index in [9.17, 15) is 9.18 Å². The Kier molecular flexibility index (Phi) is 5.36. The number of aromatic amines is 1. The first-order valence-electron chi connectivity index (χ1n) is 8.51. The molecule has 3 aromatic rings. The molecule has 0 saturated carbocycles. The van der Waals surface area contributed by atoms with Gasteiger partial charge in [0.25, 0.3) is 5.91 Å². The normalized spacial score (nSPS) is 10.8. The summed E-state index contributed by atoms with van der Waals surface area (Å²) in [4.78, 5) is 19.7. The molecule has 4 N–H and O–H groups in total. The van der Waals surface area contributed by atoms with Crippen molar-refractivity contribution in [3.63, 3.8) is 0 Å². The summed E-state index contributed by atoms with van der Waals surface area (Å²) in [6, 6.07) is 9.37. The monoisotopic (exact) mass is 356 g/mol. The maximum atomic E-state index is 13.2. The van der Waals surface area contributed by atoms with E-state index in [1.54, 1.807) is 24.3 Å².